The lowest BCUT2D eigenvalue weighted by atomic mass is 10.1. The van der Waals surface area contributed by atoms with Gasteiger partial charge in [-0.25, -0.2) is 0 Å². The fraction of sp³-hybridized carbons (Fsp3) is 0.154. The highest BCUT2D eigenvalue weighted by molar-refractivity contribution is 14.1. The summed E-state index contributed by atoms with van der Waals surface area (Å²) < 4.78 is 17.6. The van der Waals surface area contributed by atoms with Crippen LogP contribution in [0.2, 0.25) is 10.0 Å². The standard InChI is InChI=1S/C26H21Cl2IN2O4/c1-3-34-20-7-5-19(6-8-20)31-26(32)18(14-30)10-17-12-23(29)25(24(13-17)33-2)35-15-16-4-9-21(27)22(28)11-16/h4-13H,3,15H2,1-2H3,(H,31,32)/b18-10-. The molecule has 6 nitrogen and oxygen atoms in total. The third-order valence-electron chi connectivity index (χ3n) is 4.72. The molecule has 0 aliphatic heterocycles. The van der Waals surface area contributed by atoms with Crippen molar-refractivity contribution in [2.24, 2.45) is 0 Å². The van der Waals surface area contributed by atoms with Gasteiger partial charge in [0.2, 0.25) is 0 Å². The van der Waals surface area contributed by atoms with Crippen molar-refractivity contribution in [1.29, 1.82) is 5.26 Å². The summed E-state index contributed by atoms with van der Waals surface area (Å²) in [6.45, 7) is 2.70. The summed E-state index contributed by atoms with van der Waals surface area (Å²) in [5, 5.41) is 13.2. The molecule has 1 amide bonds. The molecule has 0 fully saturated rings. The number of ether oxygens (including phenoxy) is 3. The quantitative estimate of drug-likeness (QED) is 0.156. The predicted molar refractivity (Wildman–Crippen MR) is 146 cm³/mol. The lowest BCUT2D eigenvalue weighted by Gasteiger charge is -2.14. The van der Waals surface area contributed by atoms with E-state index in [9.17, 15) is 10.1 Å². The maximum atomic E-state index is 12.7. The van der Waals surface area contributed by atoms with Gasteiger partial charge in [0.15, 0.2) is 11.5 Å². The fourth-order valence-electron chi connectivity index (χ4n) is 3.06. The van der Waals surface area contributed by atoms with E-state index in [4.69, 9.17) is 37.4 Å². The lowest BCUT2D eigenvalue weighted by molar-refractivity contribution is -0.112. The molecule has 1 N–H and O–H groups in total. The van der Waals surface area contributed by atoms with Gasteiger partial charge in [0.05, 0.1) is 27.3 Å². The molecule has 3 aromatic carbocycles. The topological polar surface area (TPSA) is 80.6 Å². The molecule has 0 aliphatic rings. The van der Waals surface area contributed by atoms with Crippen molar-refractivity contribution in [3.8, 4) is 23.3 Å². The van der Waals surface area contributed by atoms with Crippen LogP contribution in [0.25, 0.3) is 6.08 Å². The highest BCUT2D eigenvalue weighted by atomic mass is 127. The van der Waals surface area contributed by atoms with Crippen LogP contribution in [0.4, 0.5) is 5.69 Å². The smallest absolute Gasteiger partial charge is 0.266 e. The van der Waals surface area contributed by atoms with Gasteiger partial charge in [-0.15, -0.1) is 0 Å². The van der Waals surface area contributed by atoms with E-state index in [1.807, 2.05) is 19.1 Å². The summed E-state index contributed by atoms with van der Waals surface area (Å²) in [7, 11) is 1.52. The van der Waals surface area contributed by atoms with Crippen molar-refractivity contribution in [2.75, 3.05) is 19.0 Å². The minimum atomic E-state index is -0.523. The molecular formula is C26H21Cl2IN2O4. The molecule has 35 heavy (non-hydrogen) atoms. The minimum Gasteiger partial charge on any atom is -0.494 e. The number of nitrogens with zero attached hydrogens (tertiary/aromatic N) is 1. The number of halogens is 3. The number of hydrogen-bond acceptors (Lipinski definition) is 5. The average Bonchev–Trinajstić information content (AvgIpc) is 2.84. The van der Waals surface area contributed by atoms with Crippen LogP contribution in [0.15, 0.2) is 60.2 Å². The molecule has 3 aromatic rings. The molecule has 0 bridgehead atoms. The zero-order chi connectivity index (χ0) is 25.4. The first kappa shape index (κ1) is 26.7. The van der Waals surface area contributed by atoms with Crippen LogP contribution in [0.1, 0.15) is 18.1 Å². The normalized spacial score (nSPS) is 10.9. The third kappa shape index (κ3) is 7.28. The Morgan fingerprint density at radius 3 is 2.46 bits per heavy atom. The van der Waals surface area contributed by atoms with Gasteiger partial charge < -0.3 is 19.5 Å². The maximum absolute atomic E-state index is 12.7. The Morgan fingerprint density at radius 2 is 1.83 bits per heavy atom. The second-order valence-corrected chi connectivity index (χ2v) is 9.13. The SMILES string of the molecule is CCOc1ccc(NC(=O)/C(C#N)=C\c2cc(I)c(OCc3ccc(Cl)c(Cl)c3)c(OC)c2)cc1. The number of anilines is 1. The molecule has 0 heterocycles. The Morgan fingerprint density at radius 1 is 1.09 bits per heavy atom. The van der Waals surface area contributed by atoms with Crippen molar-refractivity contribution in [3.05, 3.63) is 84.9 Å². The number of hydrogen-bond donors (Lipinski definition) is 1. The Labute approximate surface area is 227 Å². The number of carbonyl (C=O) groups is 1. The highest BCUT2D eigenvalue weighted by Crippen LogP contribution is 2.35. The van der Waals surface area contributed by atoms with E-state index < -0.39 is 5.91 Å². The van der Waals surface area contributed by atoms with E-state index in [1.54, 1.807) is 48.5 Å². The zero-order valence-corrected chi connectivity index (χ0v) is 22.6. The molecule has 3 rings (SSSR count). The van der Waals surface area contributed by atoms with Crippen LogP contribution in [0.5, 0.6) is 17.2 Å². The number of benzene rings is 3. The number of amides is 1. The number of nitrogens with one attached hydrogen (secondary N) is 1. The van der Waals surface area contributed by atoms with Gasteiger partial charge in [0.1, 0.15) is 24.0 Å². The van der Waals surface area contributed by atoms with Gasteiger partial charge in [-0.05, 0) is 95.2 Å². The largest absolute Gasteiger partial charge is 0.494 e. The Balaban J connectivity index is 1.77. The van der Waals surface area contributed by atoms with Crippen molar-refractivity contribution in [3.63, 3.8) is 0 Å². The Bertz CT molecular complexity index is 1290. The molecule has 0 saturated heterocycles. The van der Waals surface area contributed by atoms with Crippen molar-refractivity contribution < 1.29 is 19.0 Å². The molecule has 0 aromatic heterocycles. The molecule has 180 valence electrons. The van der Waals surface area contributed by atoms with Crippen molar-refractivity contribution in [1.82, 2.24) is 0 Å². The summed E-state index contributed by atoms with van der Waals surface area (Å²) >= 11 is 14.2. The van der Waals surface area contributed by atoms with E-state index in [0.717, 1.165) is 9.13 Å². The monoisotopic (exact) mass is 622 g/mol. The third-order valence-corrected chi connectivity index (χ3v) is 6.26. The maximum Gasteiger partial charge on any atom is 0.266 e. The number of carbonyl (C=O) groups excluding carboxylic acids is 1. The van der Waals surface area contributed by atoms with Crippen LogP contribution in [0.3, 0.4) is 0 Å². The second kappa shape index (κ2) is 12.7. The molecule has 0 spiro atoms. The molecule has 0 unspecified atom stereocenters. The molecule has 9 heteroatoms. The van der Waals surface area contributed by atoms with Crippen LogP contribution in [-0.2, 0) is 11.4 Å². The van der Waals surface area contributed by atoms with E-state index >= 15 is 0 Å². The summed E-state index contributed by atoms with van der Waals surface area (Å²) in [6, 6.07) is 17.7. The van der Waals surface area contributed by atoms with Gasteiger partial charge in [-0.3, -0.25) is 4.79 Å². The van der Waals surface area contributed by atoms with E-state index in [2.05, 4.69) is 27.9 Å². The van der Waals surface area contributed by atoms with Crippen LogP contribution < -0.4 is 19.5 Å². The van der Waals surface area contributed by atoms with Crippen LogP contribution >= 0.6 is 45.8 Å². The average molecular weight is 623 g/mol. The molecule has 0 saturated carbocycles. The summed E-state index contributed by atoms with van der Waals surface area (Å²) in [4.78, 5) is 12.7. The molecule has 0 atom stereocenters. The van der Waals surface area contributed by atoms with Crippen LogP contribution in [-0.4, -0.2) is 19.6 Å². The van der Waals surface area contributed by atoms with E-state index in [0.29, 0.717) is 45.2 Å². The number of methoxy groups -OCH3 is 1. The van der Waals surface area contributed by atoms with Crippen molar-refractivity contribution >= 4 is 63.5 Å². The predicted octanol–water partition coefficient (Wildman–Crippen LogP) is 7.13. The first-order valence-corrected chi connectivity index (χ1v) is 12.3. The minimum absolute atomic E-state index is 0.0544. The summed E-state index contributed by atoms with van der Waals surface area (Å²) in [5.74, 6) is 1.18. The zero-order valence-electron chi connectivity index (χ0n) is 18.9. The molecular weight excluding hydrogens is 602 g/mol. The molecule has 0 aliphatic carbocycles. The lowest BCUT2D eigenvalue weighted by Crippen LogP contribution is -2.13. The van der Waals surface area contributed by atoms with Gasteiger partial charge >= 0.3 is 0 Å². The van der Waals surface area contributed by atoms with Crippen LogP contribution in [0, 0.1) is 14.9 Å². The second-order valence-electron chi connectivity index (χ2n) is 7.15. The number of rotatable bonds is 9. The van der Waals surface area contributed by atoms with Gasteiger partial charge in [-0.2, -0.15) is 5.26 Å². The van der Waals surface area contributed by atoms with E-state index in [-0.39, 0.29) is 12.2 Å². The first-order valence-electron chi connectivity index (χ1n) is 10.4. The van der Waals surface area contributed by atoms with Gasteiger partial charge in [0.25, 0.3) is 5.91 Å². The fourth-order valence-corrected chi connectivity index (χ4v) is 4.16. The summed E-state index contributed by atoms with van der Waals surface area (Å²) in [6.07, 6.45) is 1.50. The van der Waals surface area contributed by atoms with E-state index in [1.165, 1.54) is 13.2 Å². The van der Waals surface area contributed by atoms with Gasteiger partial charge in [-0.1, -0.05) is 29.3 Å². The highest BCUT2D eigenvalue weighted by Gasteiger charge is 2.15. The van der Waals surface area contributed by atoms with Crippen molar-refractivity contribution in [2.45, 2.75) is 13.5 Å². The Hall–Kier alpha value is -2.93. The Kier molecular flexibility index (Phi) is 9.66. The van der Waals surface area contributed by atoms with Gasteiger partial charge in [0, 0.05) is 5.69 Å². The first-order chi connectivity index (χ1) is 16.8. The summed E-state index contributed by atoms with van der Waals surface area (Å²) in [5.41, 5.74) is 1.96. The number of nitriles is 1. The molecule has 0 radical (unpaired) electrons.